The van der Waals surface area contributed by atoms with Crippen LogP contribution in [0.5, 0.6) is 0 Å². The van der Waals surface area contributed by atoms with Gasteiger partial charge in [0.2, 0.25) is 5.91 Å². The number of carbonyl (C=O) groups excluding carboxylic acids is 2. The van der Waals surface area contributed by atoms with Crippen molar-refractivity contribution in [1.29, 1.82) is 0 Å². The Morgan fingerprint density at radius 3 is 2.61 bits per heavy atom. The van der Waals surface area contributed by atoms with Crippen molar-refractivity contribution < 1.29 is 32.5 Å². The van der Waals surface area contributed by atoms with E-state index in [9.17, 15) is 22.8 Å². The number of ether oxygens (including phenoxy) is 1. The number of pyridine rings is 1. The fourth-order valence-electron chi connectivity index (χ4n) is 2.68. The molecule has 3 rings (SSSR count). The molecule has 0 saturated carbocycles. The first-order valence-electron chi connectivity index (χ1n) is 8.51. The Balaban J connectivity index is 1.58. The largest absolute Gasteiger partial charge is 0.378 e. The van der Waals surface area contributed by atoms with Crippen molar-refractivity contribution in [2.75, 3.05) is 43.1 Å². The Morgan fingerprint density at radius 1 is 1.11 bits per heavy atom. The van der Waals surface area contributed by atoms with Gasteiger partial charge < -0.3 is 20.3 Å². The smallest absolute Gasteiger partial charge is 0.316 e. The van der Waals surface area contributed by atoms with Gasteiger partial charge in [0.05, 0.1) is 25.4 Å². The Kier molecular flexibility index (Phi) is 6.09. The van der Waals surface area contributed by atoms with Crippen LogP contribution in [0.1, 0.15) is 10.5 Å². The zero-order valence-corrected chi connectivity index (χ0v) is 14.7. The molecule has 0 aliphatic carbocycles. The molecule has 1 fully saturated rings. The molecular formula is C18H18F3N4O3+. The van der Waals surface area contributed by atoms with Crippen LogP contribution in [0.2, 0.25) is 0 Å². The molecule has 2 amide bonds. The SMILES string of the molecule is O=C(CNC(=O)c1cc(N2CCOCC2)cc[nH+]1)Nc1ccc(F)c(F)c1F. The molecular weight excluding hydrogens is 377 g/mol. The number of nitrogens with one attached hydrogen (secondary N) is 3. The van der Waals surface area contributed by atoms with Gasteiger partial charge in [-0.1, -0.05) is 0 Å². The maximum atomic E-state index is 13.6. The third-order valence-corrected chi connectivity index (χ3v) is 4.12. The summed E-state index contributed by atoms with van der Waals surface area (Å²) in [6.45, 7) is 2.12. The van der Waals surface area contributed by atoms with Crippen LogP contribution in [0.25, 0.3) is 0 Å². The molecule has 0 radical (unpaired) electrons. The van der Waals surface area contributed by atoms with E-state index in [1.807, 2.05) is 6.07 Å². The lowest BCUT2D eigenvalue weighted by Gasteiger charge is -2.28. The molecule has 1 aliphatic rings. The average molecular weight is 395 g/mol. The molecule has 2 heterocycles. The number of amides is 2. The molecule has 0 unspecified atom stereocenters. The summed E-state index contributed by atoms with van der Waals surface area (Å²) >= 11 is 0. The predicted molar refractivity (Wildman–Crippen MR) is 93.3 cm³/mol. The third kappa shape index (κ3) is 4.58. The van der Waals surface area contributed by atoms with Gasteiger partial charge in [-0.05, 0) is 12.1 Å². The van der Waals surface area contributed by atoms with E-state index >= 15 is 0 Å². The quantitative estimate of drug-likeness (QED) is 0.744. The lowest BCUT2D eigenvalue weighted by atomic mass is 10.2. The molecule has 10 heteroatoms. The van der Waals surface area contributed by atoms with E-state index in [0.29, 0.717) is 32.4 Å². The summed E-state index contributed by atoms with van der Waals surface area (Å²) < 4.78 is 45.0. The standard InChI is InChI=1S/C18H17F3N4O3/c19-12-1-2-13(17(21)16(12)20)24-15(26)10-23-18(27)14-9-11(3-4-22-14)25-5-7-28-8-6-25/h1-4,9H,5-8,10H2,(H,23,27)(H,24,26)/p+1. The molecule has 28 heavy (non-hydrogen) atoms. The van der Waals surface area contributed by atoms with E-state index in [-0.39, 0.29) is 5.69 Å². The second-order valence-electron chi connectivity index (χ2n) is 6.01. The highest BCUT2D eigenvalue weighted by Gasteiger charge is 2.19. The second-order valence-corrected chi connectivity index (χ2v) is 6.01. The molecule has 2 aromatic rings. The van der Waals surface area contributed by atoms with Gasteiger partial charge in [-0.15, -0.1) is 0 Å². The Labute approximate surface area is 158 Å². The second kappa shape index (κ2) is 8.70. The van der Waals surface area contributed by atoms with Crippen molar-refractivity contribution >= 4 is 23.2 Å². The maximum Gasteiger partial charge on any atom is 0.316 e. The number of benzene rings is 1. The van der Waals surface area contributed by atoms with Gasteiger partial charge in [-0.25, -0.2) is 18.2 Å². The number of aromatic nitrogens is 1. The number of nitrogens with zero attached hydrogens (tertiary/aromatic N) is 1. The van der Waals surface area contributed by atoms with Gasteiger partial charge in [0, 0.05) is 30.9 Å². The highest BCUT2D eigenvalue weighted by molar-refractivity contribution is 5.98. The van der Waals surface area contributed by atoms with E-state index in [2.05, 4.69) is 20.5 Å². The molecule has 0 atom stereocenters. The number of halogens is 3. The van der Waals surface area contributed by atoms with Crippen LogP contribution in [-0.4, -0.2) is 44.7 Å². The van der Waals surface area contributed by atoms with Crippen molar-refractivity contribution in [3.05, 3.63) is 53.6 Å². The van der Waals surface area contributed by atoms with E-state index < -0.39 is 41.5 Å². The molecule has 3 N–H and O–H groups in total. The number of carbonyl (C=O) groups is 2. The number of anilines is 2. The number of aromatic amines is 1. The number of H-pyrrole nitrogens is 1. The third-order valence-electron chi connectivity index (χ3n) is 4.12. The molecule has 7 nitrogen and oxygen atoms in total. The number of rotatable bonds is 5. The summed E-state index contributed by atoms with van der Waals surface area (Å²) in [5, 5.41) is 4.46. The van der Waals surface area contributed by atoms with Gasteiger partial charge in [0.15, 0.2) is 23.6 Å². The highest BCUT2D eigenvalue weighted by Crippen LogP contribution is 2.19. The summed E-state index contributed by atoms with van der Waals surface area (Å²) in [6.07, 6.45) is 1.61. The minimum absolute atomic E-state index is 0.232. The van der Waals surface area contributed by atoms with Gasteiger partial charge in [-0.3, -0.25) is 9.59 Å². The van der Waals surface area contributed by atoms with Crippen molar-refractivity contribution in [3.63, 3.8) is 0 Å². The minimum atomic E-state index is -1.68. The number of hydrogen-bond acceptors (Lipinski definition) is 4. The first kappa shape index (κ1) is 19.6. The molecule has 1 aromatic heterocycles. The summed E-state index contributed by atoms with van der Waals surface area (Å²) in [5.74, 6) is -5.89. The normalized spacial score (nSPS) is 13.9. The lowest BCUT2D eigenvalue weighted by Crippen LogP contribution is -2.38. The Hall–Kier alpha value is -3.14. The number of morpholine rings is 1. The maximum absolute atomic E-state index is 13.6. The van der Waals surface area contributed by atoms with E-state index in [4.69, 9.17) is 4.74 Å². The average Bonchev–Trinajstić information content (AvgIpc) is 2.73. The van der Waals surface area contributed by atoms with E-state index in [1.165, 1.54) is 0 Å². The fourth-order valence-corrected chi connectivity index (χ4v) is 2.68. The van der Waals surface area contributed by atoms with E-state index in [1.54, 1.807) is 12.3 Å². The molecule has 1 saturated heterocycles. The van der Waals surface area contributed by atoms with Crippen LogP contribution in [-0.2, 0) is 9.53 Å². The van der Waals surface area contributed by atoms with E-state index in [0.717, 1.165) is 11.8 Å². The first-order valence-corrected chi connectivity index (χ1v) is 8.51. The van der Waals surface area contributed by atoms with Crippen LogP contribution in [0.15, 0.2) is 30.5 Å². The number of hydrogen-bond donors (Lipinski definition) is 2. The first-order chi connectivity index (χ1) is 13.5. The van der Waals surface area contributed by atoms with Crippen LogP contribution in [0, 0.1) is 17.5 Å². The van der Waals surface area contributed by atoms with Crippen LogP contribution >= 0.6 is 0 Å². The van der Waals surface area contributed by atoms with Crippen LogP contribution in [0.3, 0.4) is 0 Å². The monoisotopic (exact) mass is 395 g/mol. The van der Waals surface area contributed by atoms with Crippen LogP contribution < -0.4 is 20.5 Å². The fraction of sp³-hybridized carbons (Fsp3) is 0.278. The topological polar surface area (TPSA) is 84.8 Å². The van der Waals surface area contributed by atoms with Gasteiger partial charge in [0.25, 0.3) is 5.69 Å². The minimum Gasteiger partial charge on any atom is -0.378 e. The molecule has 0 spiro atoms. The van der Waals surface area contributed by atoms with Crippen molar-refractivity contribution in [2.24, 2.45) is 0 Å². The van der Waals surface area contributed by atoms with Gasteiger partial charge in [0.1, 0.15) is 0 Å². The Morgan fingerprint density at radius 2 is 1.86 bits per heavy atom. The summed E-state index contributed by atoms with van der Waals surface area (Å²) in [5.41, 5.74) is 0.551. The summed E-state index contributed by atoms with van der Waals surface area (Å²) in [7, 11) is 0. The predicted octanol–water partition coefficient (Wildman–Crippen LogP) is 1.12. The summed E-state index contributed by atoms with van der Waals surface area (Å²) in [4.78, 5) is 29.0. The Bertz CT molecular complexity index is 888. The van der Waals surface area contributed by atoms with Crippen LogP contribution in [0.4, 0.5) is 24.5 Å². The highest BCUT2D eigenvalue weighted by atomic mass is 19.2. The zero-order valence-electron chi connectivity index (χ0n) is 14.7. The van der Waals surface area contributed by atoms with Crippen molar-refractivity contribution in [3.8, 4) is 0 Å². The molecule has 1 aliphatic heterocycles. The van der Waals surface area contributed by atoms with Gasteiger partial charge >= 0.3 is 5.91 Å². The summed E-state index contributed by atoms with van der Waals surface area (Å²) in [6, 6.07) is 5.06. The zero-order chi connectivity index (χ0) is 20.1. The molecule has 148 valence electrons. The molecule has 1 aromatic carbocycles. The molecule has 0 bridgehead atoms. The van der Waals surface area contributed by atoms with Gasteiger partial charge in [-0.2, -0.15) is 0 Å². The van der Waals surface area contributed by atoms with Crippen molar-refractivity contribution in [1.82, 2.24) is 5.32 Å². The lowest BCUT2D eigenvalue weighted by molar-refractivity contribution is -0.381. The van der Waals surface area contributed by atoms with Crippen molar-refractivity contribution in [2.45, 2.75) is 0 Å².